The van der Waals surface area contributed by atoms with E-state index in [-0.39, 0.29) is 11.3 Å². The number of carbonyl (C=O) groups excluding carboxylic acids is 1. The van der Waals surface area contributed by atoms with Gasteiger partial charge < -0.3 is 15.2 Å². The average Bonchev–Trinajstić information content (AvgIpc) is 2.85. The smallest absolute Gasteiger partial charge is 0.227 e. The van der Waals surface area contributed by atoms with Crippen molar-refractivity contribution in [2.45, 2.75) is 19.9 Å². The normalized spacial score (nSPS) is 25.4. The maximum absolute atomic E-state index is 11.8. The first kappa shape index (κ1) is 10.1. The molecule has 1 unspecified atom stereocenters. The van der Waals surface area contributed by atoms with E-state index in [9.17, 15) is 4.79 Å². The van der Waals surface area contributed by atoms with Gasteiger partial charge in [-0.1, -0.05) is 5.16 Å². The summed E-state index contributed by atoms with van der Waals surface area (Å²) in [5, 5.41) is 9.60. The van der Waals surface area contributed by atoms with Crippen LogP contribution >= 0.6 is 0 Å². The lowest BCUT2D eigenvalue weighted by atomic mass is 9.89. The minimum atomic E-state index is -0.302. The van der Waals surface area contributed by atoms with Crippen LogP contribution < -0.4 is 10.6 Å². The number of amides is 1. The predicted octanol–water partition coefficient (Wildman–Crippen LogP) is -0.315. The van der Waals surface area contributed by atoms with Crippen LogP contribution in [0.25, 0.3) is 0 Å². The fourth-order valence-electron chi connectivity index (χ4n) is 1.65. The van der Waals surface area contributed by atoms with Crippen LogP contribution in [-0.2, 0) is 11.3 Å². The van der Waals surface area contributed by atoms with Crippen molar-refractivity contribution in [2.24, 2.45) is 5.41 Å². The lowest BCUT2D eigenvalue weighted by Gasteiger charge is -2.20. The van der Waals surface area contributed by atoms with E-state index >= 15 is 0 Å². The maximum Gasteiger partial charge on any atom is 0.227 e. The standard InChI is InChI=1S/C9H14N4O2/c1-9(2-3-10-5-9)8(14)11-4-7-12-6-15-13-7/h6,10H,2-5H2,1H3,(H,11,14). The summed E-state index contributed by atoms with van der Waals surface area (Å²) in [6.45, 7) is 3.90. The minimum absolute atomic E-state index is 0.0392. The molecule has 0 aromatic carbocycles. The highest BCUT2D eigenvalue weighted by molar-refractivity contribution is 5.82. The van der Waals surface area contributed by atoms with Crippen molar-refractivity contribution in [3.05, 3.63) is 12.2 Å². The summed E-state index contributed by atoms with van der Waals surface area (Å²) in [4.78, 5) is 15.7. The second-order valence-corrected chi connectivity index (χ2v) is 4.02. The first-order valence-corrected chi connectivity index (χ1v) is 4.95. The van der Waals surface area contributed by atoms with Gasteiger partial charge in [0, 0.05) is 6.54 Å². The van der Waals surface area contributed by atoms with Crippen molar-refractivity contribution in [1.29, 1.82) is 0 Å². The van der Waals surface area contributed by atoms with Crippen molar-refractivity contribution >= 4 is 5.91 Å². The second-order valence-electron chi connectivity index (χ2n) is 4.02. The van der Waals surface area contributed by atoms with Crippen LogP contribution in [0.4, 0.5) is 0 Å². The number of hydrogen-bond acceptors (Lipinski definition) is 5. The Kier molecular flexibility index (Phi) is 2.68. The van der Waals surface area contributed by atoms with Crippen LogP contribution in [0, 0.1) is 5.41 Å². The van der Waals surface area contributed by atoms with Gasteiger partial charge in [0.15, 0.2) is 5.82 Å². The molecule has 0 aliphatic carbocycles. The molecule has 1 aliphatic heterocycles. The van der Waals surface area contributed by atoms with E-state index in [2.05, 4.69) is 25.3 Å². The van der Waals surface area contributed by atoms with E-state index in [1.165, 1.54) is 6.39 Å². The Morgan fingerprint density at radius 2 is 2.67 bits per heavy atom. The van der Waals surface area contributed by atoms with Crippen molar-refractivity contribution in [3.63, 3.8) is 0 Å². The molecule has 0 saturated carbocycles. The summed E-state index contributed by atoms with van der Waals surface area (Å²) in [5.74, 6) is 0.537. The Morgan fingerprint density at radius 1 is 1.80 bits per heavy atom. The average molecular weight is 210 g/mol. The lowest BCUT2D eigenvalue weighted by molar-refractivity contribution is -0.129. The molecule has 1 aromatic heterocycles. The summed E-state index contributed by atoms with van der Waals surface area (Å²) in [6, 6.07) is 0. The Morgan fingerprint density at radius 3 is 3.27 bits per heavy atom. The minimum Gasteiger partial charge on any atom is -0.348 e. The summed E-state index contributed by atoms with van der Waals surface area (Å²) in [7, 11) is 0. The van der Waals surface area contributed by atoms with E-state index in [0.29, 0.717) is 12.4 Å². The van der Waals surface area contributed by atoms with Gasteiger partial charge in [0.2, 0.25) is 12.3 Å². The zero-order valence-corrected chi connectivity index (χ0v) is 8.62. The Balaban J connectivity index is 1.87. The molecule has 15 heavy (non-hydrogen) atoms. The summed E-state index contributed by atoms with van der Waals surface area (Å²) >= 11 is 0. The van der Waals surface area contributed by atoms with Crippen molar-refractivity contribution in [1.82, 2.24) is 20.8 Å². The molecule has 2 heterocycles. The van der Waals surface area contributed by atoms with Crippen molar-refractivity contribution in [3.8, 4) is 0 Å². The van der Waals surface area contributed by atoms with Crippen LogP contribution in [0.5, 0.6) is 0 Å². The summed E-state index contributed by atoms with van der Waals surface area (Å²) < 4.78 is 4.57. The third-order valence-corrected chi connectivity index (χ3v) is 2.73. The zero-order chi connectivity index (χ0) is 10.7. The van der Waals surface area contributed by atoms with Crippen LogP contribution in [-0.4, -0.2) is 29.1 Å². The molecule has 2 N–H and O–H groups in total. The molecule has 1 saturated heterocycles. The fraction of sp³-hybridized carbons (Fsp3) is 0.667. The highest BCUT2D eigenvalue weighted by Crippen LogP contribution is 2.24. The molecule has 0 bridgehead atoms. The van der Waals surface area contributed by atoms with Gasteiger partial charge in [-0.15, -0.1) is 0 Å². The zero-order valence-electron chi connectivity index (χ0n) is 8.62. The van der Waals surface area contributed by atoms with E-state index in [1.807, 2.05) is 6.92 Å². The number of nitrogens with one attached hydrogen (secondary N) is 2. The molecule has 1 aliphatic rings. The molecule has 0 radical (unpaired) electrons. The Bertz CT molecular complexity index is 330. The molecule has 6 nitrogen and oxygen atoms in total. The summed E-state index contributed by atoms with van der Waals surface area (Å²) in [5.41, 5.74) is -0.302. The van der Waals surface area contributed by atoms with Gasteiger partial charge in [0.05, 0.1) is 12.0 Å². The van der Waals surface area contributed by atoms with E-state index in [1.54, 1.807) is 0 Å². The first-order valence-electron chi connectivity index (χ1n) is 4.95. The first-order chi connectivity index (χ1) is 7.21. The lowest BCUT2D eigenvalue weighted by Crippen LogP contribution is -2.40. The van der Waals surface area contributed by atoms with Crippen LogP contribution in [0.3, 0.4) is 0 Å². The predicted molar refractivity (Wildman–Crippen MR) is 51.7 cm³/mol. The molecule has 82 valence electrons. The Labute approximate surface area is 87.4 Å². The van der Waals surface area contributed by atoms with Gasteiger partial charge in [-0.3, -0.25) is 4.79 Å². The highest BCUT2D eigenvalue weighted by atomic mass is 16.5. The highest BCUT2D eigenvalue weighted by Gasteiger charge is 2.36. The summed E-state index contributed by atoms with van der Waals surface area (Å²) in [6.07, 6.45) is 2.12. The number of nitrogens with zero attached hydrogens (tertiary/aromatic N) is 2. The van der Waals surface area contributed by atoms with Gasteiger partial charge in [-0.25, -0.2) is 0 Å². The van der Waals surface area contributed by atoms with Gasteiger partial charge in [0.25, 0.3) is 0 Å². The monoisotopic (exact) mass is 210 g/mol. The van der Waals surface area contributed by atoms with E-state index < -0.39 is 0 Å². The van der Waals surface area contributed by atoms with Crippen LogP contribution in [0.2, 0.25) is 0 Å². The van der Waals surface area contributed by atoms with Crippen LogP contribution in [0.15, 0.2) is 10.9 Å². The molecule has 1 amide bonds. The van der Waals surface area contributed by atoms with Gasteiger partial charge in [0.1, 0.15) is 0 Å². The molecular weight excluding hydrogens is 196 g/mol. The second kappa shape index (κ2) is 3.98. The quantitative estimate of drug-likeness (QED) is 0.715. The third kappa shape index (κ3) is 2.15. The molecule has 6 heteroatoms. The number of aromatic nitrogens is 2. The molecule has 0 spiro atoms. The fourth-order valence-corrected chi connectivity index (χ4v) is 1.65. The van der Waals surface area contributed by atoms with E-state index in [4.69, 9.17) is 0 Å². The number of carbonyl (C=O) groups is 1. The molecule has 1 aromatic rings. The molecule has 1 fully saturated rings. The van der Waals surface area contributed by atoms with E-state index in [0.717, 1.165) is 19.5 Å². The van der Waals surface area contributed by atoms with Crippen molar-refractivity contribution < 1.29 is 9.32 Å². The molecule has 1 atom stereocenters. The van der Waals surface area contributed by atoms with Crippen molar-refractivity contribution in [2.75, 3.05) is 13.1 Å². The Hall–Kier alpha value is -1.43. The number of hydrogen-bond donors (Lipinski definition) is 2. The number of rotatable bonds is 3. The van der Waals surface area contributed by atoms with Crippen LogP contribution in [0.1, 0.15) is 19.2 Å². The third-order valence-electron chi connectivity index (χ3n) is 2.73. The molecule has 2 rings (SSSR count). The largest absolute Gasteiger partial charge is 0.348 e. The SMILES string of the molecule is CC1(C(=O)NCc2ncon2)CCNC1. The molecular formula is C9H14N4O2. The van der Waals surface area contributed by atoms with Gasteiger partial charge in [-0.2, -0.15) is 4.98 Å². The maximum atomic E-state index is 11.8. The van der Waals surface area contributed by atoms with Gasteiger partial charge in [-0.05, 0) is 19.9 Å². The topological polar surface area (TPSA) is 80.1 Å². The van der Waals surface area contributed by atoms with Gasteiger partial charge >= 0.3 is 0 Å².